The van der Waals surface area contributed by atoms with E-state index in [1.807, 2.05) is 0 Å². The van der Waals surface area contributed by atoms with Gasteiger partial charge in [0.15, 0.2) is 6.29 Å². The van der Waals surface area contributed by atoms with Crippen LogP contribution >= 0.6 is 0 Å². The quantitative estimate of drug-likeness (QED) is 0.183. The van der Waals surface area contributed by atoms with Gasteiger partial charge in [0, 0.05) is 40.0 Å². The second-order valence-electron chi connectivity index (χ2n) is 17.2. The van der Waals surface area contributed by atoms with Crippen LogP contribution in [0.2, 0.25) is 0 Å². The molecule has 0 radical (unpaired) electrons. The van der Waals surface area contributed by atoms with Crippen molar-refractivity contribution in [3.05, 3.63) is 216 Å². The first-order valence-electron chi connectivity index (χ1n) is 22.0. The van der Waals surface area contributed by atoms with E-state index in [2.05, 4.69) is 197 Å². The smallest absolute Gasteiger partial charge is 0.181 e. The van der Waals surface area contributed by atoms with Crippen molar-refractivity contribution in [3.8, 4) is 11.1 Å². The average molecular weight is 777 g/mol. The van der Waals surface area contributed by atoms with E-state index in [0.717, 1.165) is 32.1 Å². The molecule has 6 aliphatic rings. The van der Waals surface area contributed by atoms with E-state index in [4.69, 9.17) is 4.99 Å². The summed E-state index contributed by atoms with van der Waals surface area (Å²) in [6, 6.07) is 45.4. The number of fused-ring (bicyclic) bond motifs is 7. The maximum Gasteiger partial charge on any atom is 0.181 e. The van der Waals surface area contributed by atoms with E-state index >= 15 is 0 Å². The molecule has 2 aliphatic heterocycles. The van der Waals surface area contributed by atoms with Crippen LogP contribution < -0.4 is 10.2 Å². The lowest BCUT2D eigenvalue weighted by molar-refractivity contribution is 0.366. The normalized spacial score (nSPS) is 24.3. The Balaban J connectivity index is 0.911. The van der Waals surface area contributed by atoms with Crippen LogP contribution in [0.1, 0.15) is 67.8 Å². The number of anilines is 2. The third-order valence-corrected chi connectivity index (χ3v) is 13.9. The summed E-state index contributed by atoms with van der Waals surface area (Å²) in [6.07, 6.45) is 29.6. The summed E-state index contributed by atoms with van der Waals surface area (Å²) in [7, 11) is 0. The molecule has 0 spiro atoms. The Kier molecular flexibility index (Phi) is 8.66. The first kappa shape index (κ1) is 35.5. The molecule has 0 saturated carbocycles. The molecule has 0 saturated heterocycles. The highest BCUT2D eigenvalue weighted by molar-refractivity contribution is 6.14. The van der Waals surface area contributed by atoms with E-state index in [1.54, 1.807) is 0 Å². The number of aliphatic imine (C=N–C) groups is 1. The summed E-state index contributed by atoms with van der Waals surface area (Å²) in [5.41, 5.74) is 17.1. The van der Waals surface area contributed by atoms with Gasteiger partial charge in [-0.25, -0.2) is 4.99 Å². The Morgan fingerprint density at radius 2 is 1.40 bits per heavy atom. The maximum absolute atomic E-state index is 5.67. The van der Waals surface area contributed by atoms with Gasteiger partial charge in [-0.1, -0.05) is 146 Å². The van der Waals surface area contributed by atoms with Crippen LogP contribution in [0, 0.1) is 0 Å². The van der Waals surface area contributed by atoms with Gasteiger partial charge in [0.2, 0.25) is 0 Å². The van der Waals surface area contributed by atoms with Gasteiger partial charge in [-0.05, 0) is 119 Å². The van der Waals surface area contributed by atoms with Crippen LogP contribution in [0.5, 0.6) is 0 Å². The minimum Gasteiger partial charge on any atom is -0.333 e. The summed E-state index contributed by atoms with van der Waals surface area (Å²) in [6.45, 7) is 0. The number of benzene rings is 5. The van der Waals surface area contributed by atoms with Crippen LogP contribution in [0.15, 0.2) is 209 Å². The highest BCUT2D eigenvalue weighted by Crippen LogP contribution is 2.49. The van der Waals surface area contributed by atoms with Crippen LogP contribution in [0.4, 0.5) is 11.4 Å². The van der Waals surface area contributed by atoms with Crippen molar-refractivity contribution >= 4 is 38.9 Å². The highest BCUT2D eigenvalue weighted by atomic mass is 15.3. The molecule has 292 valence electrons. The Morgan fingerprint density at radius 3 is 2.28 bits per heavy atom. The predicted octanol–water partition coefficient (Wildman–Crippen LogP) is 13.5. The summed E-state index contributed by atoms with van der Waals surface area (Å²) < 4.78 is 2.47. The lowest BCUT2D eigenvalue weighted by Crippen LogP contribution is -2.44. The van der Waals surface area contributed by atoms with Gasteiger partial charge >= 0.3 is 0 Å². The number of hydrogen-bond donors (Lipinski definition) is 1. The van der Waals surface area contributed by atoms with E-state index < -0.39 is 0 Å². The standard InChI is InChI=1S/C56H48N4/c1-3-14-37(15-4-1)40-16-13-17-41(34-40)38-26-28-39(29-27-38)55-48-22-7-10-23-50(48)57-56(58-55)60-52-25-12-9-21-46(52)49-35-42(31-33-53(49)60)43-30-32-47-45-20-8-11-24-51(45)59(54(47)36-43)44-18-5-2-6-19-44/h1-6,8-9,11-22,24-26,28,30-33,35-36,40,45,50-51,56-57H,7,10,23,27,29,34H2/t40-,45?,50?,51?,56?/m0/s1. The number of hydrogen-bond acceptors (Lipinski definition) is 3. The molecule has 1 N–H and O–H groups in total. The topological polar surface area (TPSA) is 32.6 Å². The Hall–Kier alpha value is -6.49. The van der Waals surface area contributed by atoms with Gasteiger partial charge in [0.25, 0.3) is 0 Å². The zero-order valence-electron chi connectivity index (χ0n) is 33.8. The first-order chi connectivity index (χ1) is 29.7. The van der Waals surface area contributed by atoms with Gasteiger partial charge in [-0.15, -0.1) is 0 Å². The van der Waals surface area contributed by atoms with Crippen LogP contribution in [0.3, 0.4) is 0 Å². The lowest BCUT2D eigenvalue weighted by Gasteiger charge is -2.36. The number of rotatable bonds is 6. The fourth-order valence-corrected chi connectivity index (χ4v) is 10.9. The van der Waals surface area contributed by atoms with Crippen molar-refractivity contribution in [1.82, 2.24) is 9.88 Å². The number of nitrogens with zero attached hydrogens (tertiary/aromatic N) is 3. The molecule has 4 heteroatoms. The molecule has 12 rings (SSSR count). The molecule has 4 unspecified atom stereocenters. The third kappa shape index (κ3) is 5.96. The second kappa shape index (κ2) is 14.7. The lowest BCUT2D eigenvalue weighted by atomic mass is 9.80. The molecule has 0 bridgehead atoms. The molecule has 1 aromatic heterocycles. The van der Waals surface area contributed by atoms with Crippen LogP contribution in [0.25, 0.3) is 32.9 Å². The van der Waals surface area contributed by atoms with Gasteiger partial charge < -0.3 is 9.47 Å². The molecule has 4 nitrogen and oxygen atoms in total. The van der Waals surface area contributed by atoms with Gasteiger partial charge in [-0.2, -0.15) is 0 Å². The third-order valence-electron chi connectivity index (χ3n) is 13.9. The molecule has 60 heavy (non-hydrogen) atoms. The zero-order chi connectivity index (χ0) is 39.6. The van der Waals surface area contributed by atoms with Gasteiger partial charge in [0.05, 0.1) is 22.8 Å². The molecule has 6 aromatic rings. The second-order valence-corrected chi connectivity index (χ2v) is 17.2. The Morgan fingerprint density at radius 1 is 0.633 bits per heavy atom. The van der Waals surface area contributed by atoms with Crippen molar-refractivity contribution in [3.63, 3.8) is 0 Å². The van der Waals surface area contributed by atoms with Gasteiger partial charge in [0.1, 0.15) is 0 Å². The van der Waals surface area contributed by atoms with E-state index in [1.165, 1.54) is 89.9 Å². The van der Waals surface area contributed by atoms with Crippen molar-refractivity contribution in [1.29, 1.82) is 0 Å². The number of aromatic nitrogens is 1. The average Bonchev–Trinajstić information content (AvgIpc) is 3.84. The minimum absolute atomic E-state index is 0.207. The van der Waals surface area contributed by atoms with Crippen molar-refractivity contribution in [2.24, 2.45) is 4.99 Å². The zero-order valence-corrected chi connectivity index (χ0v) is 33.8. The molecular weight excluding hydrogens is 729 g/mol. The SMILES string of the molecule is C1=CC2c3ccc(-c4ccc5c(c4)c4ccccc4n5C4N=C(C5=CC=C(C6=CC=C[C@H](c7ccccc7)C6)CC5)C5=CCCCC5N4)cc3N(c3ccccc3)C2C=C1. The Bertz CT molecular complexity index is 2930. The number of para-hydroxylation sites is 2. The fraction of sp³-hybridized carbons (Fsp3) is 0.196. The largest absolute Gasteiger partial charge is 0.333 e. The molecule has 4 aliphatic carbocycles. The van der Waals surface area contributed by atoms with E-state index in [9.17, 15) is 0 Å². The maximum atomic E-state index is 5.67. The molecule has 0 amide bonds. The van der Waals surface area contributed by atoms with Crippen molar-refractivity contribution in [2.45, 2.75) is 68.7 Å². The van der Waals surface area contributed by atoms with Crippen molar-refractivity contribution < 1.29 is 0 Å². The number of nitrogens with one attached hydrogen (secondary N) is 1. The summed E-state index contributed by atoms with van der Waals surface area (Å²) >= 11 is 0. The van der Waals surface area contributed by atoms with Crippen LogP contribution in [-0.4, -0.2) is 22.4 Å². The Labute approximate surface area is 352 Å². The summed E-state index contributed by atoms with van der Waals surface area (Å²) in [5, 5.41) is 6.57. The molecule has 5 aromatic carbocycles. The molecule has 3 heterocycles. The minimum atomic E-state index is -0.207. The molecule has 0 fully saturated rings. The predicted molar refractivity (Wildman–Crippen MR) is 250 cm³/mol. The van der Waals surface area contributed by atoms with Gasteiger partial charge in [-0.3, -0.25) is 5.32 Å². The summed E-state index contributed by atoms with van der Waals surface area (Å²) in [4.78, 5) is 8.20. The van der Waals surface area contributed by atoms with Crippen LogP contribution in [-0.2, 0) is 0 Å². The summed E-state index contributed by atoms with van der Waals surface area (Å²) in [5.74, 6) is 0.773. The number of allylic oxidation sites excluding steroid dienone is 11. The fourth-order valence-electron chi connectivity index (χ4n) is 10.9. The van der Waals surface area contributed by atoms with E-state index in [-0.39, 0.29) is 18.4 Å². The monoisotopic (exact) mass is 776 g/mol. The first-order valence-corrected chi connectivity index (χ1v) is 22.0. The highest BCUT2D eigenvalue weighted by Gasteiger charge is 2.38. The van der Waals surface area contributed by atoms with Crippen molar-refractivity contribution in [2.75, 3.05) is 4.90 Å². The van der Waals surface area contributed by atoms with E-state index in [0.29, 0.717) is 11.8 Å². The molecular formula is C56H48N4. The molecule has 5 atom stereocenters.